The van der Waals surface area contributed by atoms with Gasteiger partial charge in [-0.05, 0) is 6.92 Å². The predicted molar refractivity (Wildman–Crippen MR) is 73.2 cm³/mol. The molecule has 0 bridgehead atoms. The van der Waals surface area contributed by atoms with Crippen LogP contribution in [-0.2, 0) is 6.54 Å². The van der Waals surface area contributed by atoms with Crippen molar-refractivity contribution >= 4 is 28.2 Å². The van der Waals surface area contributed by atoms with E-state index in [1.807, 2.05) is 6.92 Å². The molecule has 7 nitrogen and oxygen atoms in total. The van der Waals surface area contributed by atoms with Crippen LogP contribution in [0.15, 0.2) is 12.4 Å². The number of anilines is 1. The molecule has 0 aromatic carbocycles. The quantitative estimate of drug-likeness (QED) is 0.809. The maximum atomic E-state index is 11.4. The van der Waals surface area contributed by atoms with Gasteiger partial charge in [-0.1, -0.05) is 11.3 Å². The number of nitrogens with one attached hydrogen (secondary N) is 1. The molecular formula is C12H12N4O3S. The summed E-state index contributed by atoms with van der Waals surface area (Å²) in [6.45, 7) is 3.51. The van der Waals surface area contributed by atoms with Gasteiger partial charge in [0.25, 0.3) is 0 Å². The number of carboxylic acids is 1. The number of carbonyl (C=O) groups is 2. The largest absolute Gasteiger partial charge is 0.476 e. The van der Waals surface area contributed by atoms with Crippen molar-refractivity contribution in [1.82, 2.24) is 15.0 Å². The summed E-state index contributed by atoms with van der Waals surface area (Å²) in [6.07, 6.45) is 3.27. The Morgan fingerprint density at radius 3 is 2.60 bits per heavy atom. The Kier molecular flexibility index (Phi) is 4.04. The Bertz CT molecular complexity index is 620. The van der Waals surface area contributed by atoms with Crippen molar-refractivity contribution < 1.29 is 14.7 Å². The van der Waals surface area contributed by atoms with Gasteiger partial charge in [0.15, 0.2) is 16.6 Å². The van der Waals surface area contributed by atoms with Crippen molar-refractivity contribution in [3.05, 3.63) is 34.4 Å². The number of carboxylic acid groups (broad SMARTS) is 1. The molecule has 0 aliphatic heterocycles. The highest BCUT2D eigenvalue weighted by atomic mass is 32.1. The van der Waals surface area contributed by atoms with E-state index in [2.05, 4.69) is 20.3 Å². The van der Waals surface area contributed by atoms with Crippen LogP contribution < -0.4 is 5.32 Å². The fraction of sp³-hybridized carbons (Fsp3) is 0.250. The molecule has 2 aromatic rings. The summed E-state index contributed by atoms with van der Waals surface area (Å²) in [4.78, 5) is 34.6. The third-order valence-corrected chi connectivity index (χ3v) is 3.52. The van der Waals surface area contributed by atoms with Crippen LogP contribution in [0.1, 0.15) is 38.5 Å². The SMILES string of the molecule is CC(=O)c1sc(NCc2cnc(C)cn2)nc1C(=O)O. The monoisotopic (exact) mass is 292 g/mol. The number of hydrogen-bond acceptors (Lipinski definition) is 7. The lowest BCUT2D eigenvalue weighted by atomic mass is 10.3. The van der Waals surface area contributed by atoms with Gasteiger partial charge in [0.1, 0.15) is 4.88 Å². The highest BCUT2D eigenvalue weighted by Gasteiger charge is 2.20. The van der Waals surface area contributed by atoms with E-state index >= 15 is 0 Å². The first-order valence-electron chi connectivity index (χ1n) is 5.74. The van der Waals surface area contributed by atoms with Crippen molar-refractivity contribution in [3.63, 3.8) is 0 Å². The molecule has 2 aromatic heterocycles. The molecule has 2 N–H and O–H groups in total. The van der Waals surface area contributed by atoms with Crippen LogP contribution in [0, 0.1) is 6.92 Å². The normalized spacial score (nSPS) is 10.3. The molecule has 0 atom stereocenters. The first kappa shape index (κ1) is 14.1. The van der Waals surface area contributed by atoms with Gasteiger partial charge in [-0.15, -0.1) is 0 Å². The minimum Gasteiger partial charge on any atom is -0.476 e. The Labute approximate surface area is 118 Å². The molecule has 0 aliphatic rings. The van der Waals surface area contributed by atoms with Crippen molar-refractivity contribution in [1.29, 1.82) is 0 Å². The standard InChI is InChI=1S/C12H12N4O3S/c1-6-3-14-8(4-13-6)5-15-12-16-9(11(18)19)10(20-12)7(2)17/h3-4H,5H2,1-2H3,(H,15,16)(H,18,19). The van der Waals surface area contributed by atoms with E-state index in [0.717, 1.165) is 17.0 Å². The van der Waals surface area contributed by atoms with Crippen LogP contribution in [-0.4, -0.2) is 31.8 Å². The molecule has 20 heavy (non-hydrogen) atoms. The third kappa shape index (κ3) is 3.15. The van der Waals surface area contributed by atoms with E-state index < -0.39 is 5.97 Å². The topological polar surface area (TPSA) is 105 Å². The number of aromatic carboxylic acids is 1. The Morgan fingerprint density at radius 1 is 1.35 bits per heavy atom. The molecule has 0 fully saturated rings. The summed E-state index contributed by atoms with van der Waals surface area (Å²) in [6, 6.07) is 0. The van der Waals surface area contributed by atoms with Gasteiger partial charge >= 0.3 is 5.97 Å². The Morgan fingerprint density at radius 2 is 2.10 bits per heavy atom. The van der Waals surface area contributed by atoms with Gasteiger partial charge in [0.2, 0.25) is 0 Å². The molecule has 2 heterocycles. The average Bonchev–Trinajstić information content (AvgIpc) is 2.83. The van der Waals surface area contributed by atoms with Crippen molar-refractivity contribution in [2.45, 2.75) is 20.4 Å². The fourth-order valence-electron chi connectivity index (χ4n) is 1.46. The maximum Gasteiger partial charge on any atom is 0.356 e. The minimum absolute atomic E-state index is 0.134. The molecule has 8 heteroatoms. The van der Waals surface area contributed by atoms with Crippen LogP contribution in [0.25, 0.3) is 0 Å². The number of rotatable bonds is 5. The van der Waals surface area contributed by atoms with E-state index in [1.165, 1.54) is 6.92 Å². The van der Waals surface area contributed by atoms with Crippen LogP contribution in [0.3, 0.4) is 0 Å². The lowest BCUT2D eigenvalue weighted by Crippen LogP contribution is -2.05. The van der Waals surface area contributed by atoms with Gasteiger partial charge in [-0.3, -0.25) is 14.8 Å². The summed E-state index contributed by atoms with van der Waals surface area (Å²) in [5, 5.41) is 12.3. The summed E-state index contributed by atoms with van der Waals surface area (Å²) in [5.74, 6) is -1.53. The number of aromatic nitrogens is 3. The average molecular weight is 292 g/mol. The van der Waals surface area contributed by atoms with Gasteiger partial charge in [-0.25, -0.2) is 9.78 Å². The van der Waals surface area contributed by atoms with Gasteiger partial charge in [-0.2, -0.15) is 0 Å². The molecule has 2 rings (SSSR count). The van der Waals surface area contributed by atoms with Crippen LogP contribution in [0.5, 0.6) is 0 Å². The van der Waals surface area contributed by atoms with E-state index in [1.54, 1.807) is 12.4 Å². The zero-order valence-corrected chi connectivity index (χ0v) is 11.7. The molecule has 104 valence electrons. The van der Waals surface area contributed by atoms with Gasteiger partial charge in [0.05, 0.1) is 24.1 Å². The highest BCUT2D eigenvalue weighted by molar-refractivity contribution is 7.17. The number of carbonyl (C=O) groups excluding carboxylic acids is 1. The van der Waals surface area contributed by atoms with Gasteiger partial charge < -0.3 is 10.4 Å². The molecule has 0 amide bonds. The second-order valence-electron chi connectivity index (χ2n) is 4.06. The maximum absolute atomic E-state index is 11.4. The first-order valence-corrected chi connectivity index (χ1v) is 6.55. The number of thiazole rings is 1. The number of nitrogens with zero attached hydrogens (tertiary/aromatic N) is 3. The molecule has 0 saturated carbocycles. The van der Waals surface area contributed by atoms with Crippen molar-refractivity contribution in [3.8, 4) is 0 Å². The van der Waals surface area contributed by atoms with E-state index in [4.69, 9.17) is 5.11 Å². The summed E-state index contributed by atoms with van der Waals surface area (Å²) in [7, 11) is 0. The molecule has 0 radical (unpaired) electrons. The van der Waals surface area contributed by atoms with Crippen LogP contribution in [0.2, 0.25) is 0 Å². The smallest absolute Gasteiger partial charge is 0.356 e. The van der Waals surface area contributed by atoms with Crippen molar-refractivity contribution in [2.24, 2.45) is 0 Å². The second kappa shape index (κ2) is 5.74. The third-order valence-electron chi connectivity index (χ3n) is 2.40. The number of hydrogen-bond donors (Lipinski definition) is 2. The lowest BCUT2D eigenvalue weighted by molar-refractivity contribution is 0.0687. The van der Waals surface area contributed by atoms with Crippen LogP contribution in [0.4, 0.5) is 5.13 Å². The van der Waals surface area contributed by atoms with E-state index in [0.29, 0.717) is 17.4 Å². The predicted octanol–water partition coefficient (Wildman–Crippen LogP) is 1.75. The summed E-state index contributed by atoms with van der Waals surface area (Å²) >= 11 is 1.02. The molecular weight excluding hydrogens is 280 g/mol. The summed E-state index contributed by atoms with van der Waals surface area (Å²) < 4.78 is 0. The Hall–Kier alpha value is -2.35. The zero-order valence-electron chi connectivity index (χ0n) is 10.9. The molecule has 0 aliphatic carbocycles. The fourth-order valence-corrected chi connectivity index (χ4v) is 2.30. The summed E-state index contributed by atoms with van der Waals surface area (Å²) in [5.41, 5.74) is 1.29. The van der Waals surface area contributed by atoms with Gasteiger partial charge in [0, 0.05) is 13.1 Å². The number of ketones is 1. The molecule has 0 saturated heterocycles. The first-order chi connectivity index (χ1) is 9.47. The lowest BCUT2D eigenvalue weighted by Gasteiger charge is -2.01. The highest BCUT2D eigenvalue weighted by Crippen LogP contribution is 2.24. The zero-order chi connectivity index (χ0) is 14.7. The number of Topliss-reactive ketones (excluding diaryl/α,β-unsaturated/α-hetero) is 1. The van der Waals surface area contributed by atoms with E-state index in [-0.39, 0.29) is 16.4 Å². The van der Waals surface area contributed by atoms with E-state index in [9.17, 15) is 9.59 Å². The van der Waals surface area contributed by atoms with Crippen LogP contribution >= 0.6 is 11.3 Å². The molecule has 0 spiro atoms. The molecule has 0 unspecified atom stereocenters. The second-order valence-corrected chi connectivity index (χ2v) is 5.06. The van der Waals surface area contributed by atoms with Crippen molar-refractivity contribution in [2.75, 3.05) is 5.32 Å². The number of aryl methyl sites for hydroxylation is 1. The minimum atomic E-state index is -1.21. The Balaban J connectivity index is 2.14.